The number of alkyl halides is 2. The third-order valence-corrected chi connectivity index (χ3v) is 5.96. The molecule has 152 valence electrons. The Bertz CT molecular complexity index is 397. The van der Waals surface area contributed by atoms with Crippen LogP contribution in [-0.2, 0) is 14.6 Å². The summed E-state index contributed by atoms with van der Waals surface area (Å²) in [5, 5.41) is 0.118. The molecular weight excluding hydrogens is 406 g/mol. The Morgan fingerprint density at radius 2 is 1.15 bits per heavy atom. The summed E-state index contributed by atoms with van der Waals surface area (Å²) in [6.45, 7) is 2.21. The molecule has 2 atom stereocenters. The zero-order valence-electron chi connectivity index (χ0n) is 16.6. The summed E-state index contributed by atoms with van der Waals surface area (Å²) in [5.41, 5.74) is 0. The minimum atomic E-state index is -4.53. The molecule has 0 spiro atoms. The first-order valence-electron chi connectivity index (χ1n) is 9.75. The van der Waals surface area contributed by atoms with Crippen LogP contribution in [0.1, 0.15) is 96.8 Å². The molecule has 0 saturated carbocycles. The molecule has 0 N–H and O–H groups in total. The SMILES string of the molecule is CCCCCCCCC(Cl)C(Cl)CCCCCCCCOS(=O)(=O)[O-].[Na+]. The van der Waals surface area contributed by atoms with Crippen molar-refractivity contribution in [3.8, 4) is 0 Å². The Labute approximate surface area is 193 Å². The van der Waals surface area contributed by atoms with Crippen LogP contribution < -0.4 is 29.6 Å². The molecule has 0 aromatic heterocycles. The van der Waals surface area contributed by atoms with Crippen LogP contribution in [-0.4, -0.2) is 30.3 Å². The normalized spacial score (nSPS) is 14.0. The summed E-state index contributed by atoms with van der Waals surface area (Å²) in [6, 6.07) is 0. The van der Waals surface area contributed by atoms with Crippen molar-refractivity contribution in [1.82, 2.24) is 0 Å². The maximum absolute atomic E-state index is 10.2. The number of rotatable bonds is 18. The van der Waals surface area contributed by atoms with E-state index in [4.69, 9.17) is 23.2 Å². The Kier molecular flexibility index (Phi) is 22.5. The Morgan fingerprint density at radius 3 is 1.58 bits per heavy atom. The Morgan fingerprint density at radius 1 is 0.769 bits per heavy atom. The number of hydrogen-bond acceptors (Lipinski definition) is 4. The van der Waals surface area contributed by atoms with E-state index < -0.39 is 10.4 Å². The molecule has 0 aliphatic carbocycles. The zero-order chi connectivity index (χ0) is 19.0. The van der Waals surface area contributed by atoms with E-state index in [0.717, 1.165) is 44.9 Å². The fourth-order valence-corrected chi connectivity index (χ4v) is 3.67. The van der Waals surface area contributed by atoms with Gasteiger partial charge in [0.05, 0.1) is 6.61 Å². The van der Waals surface area contributed by atoms with Crippen molar-refractivity contribution >= 4 is 33.6 Å². The molecule has 0 rings (SSSR count). The molecule has 26 heavy (non-hydrogen) atoms. The van der Waals surface area contributed by atoms with Crippen LogP contribution in [0.15, 0.2) is 0 Å². The van der Waals surface area contributed by atoms with Gasteiger partial charge in [0, 0.05) is 10.8 Å². The third kappa shape index (κ3) is 21.7. The molecule has 0 aliphatic rings. The van der Waals surface area contributed by atoms with Gasteiger partial charge in [-0.15, -0.1) is 23.2 Å². The molecule has 0 fully saturated rings. The van der Waals surface area contributed by atoms with Crippen LogP contribution in [0.2, 0.25) is 0 Å². The van der Waals surface area contributed by atoms with Crippen LogP contribution in [0.4, 0.5) is 0 Å². The minimum absolute atomic E-state index is 0. The van der Waals surface area contributed by atoms with Crippen molar-refractivity contribution in [3.05, 3.63) is 0 Å². The van der Waals surface area contributed by atoms with Gasteiger partial charge < -0.3 is 4.55 Å². The van der Waals surface area contributed by atoms with Gasteiger partial charge in [0.1, 0.15) is 0 Å². The molecule has 0 aromatic rings. The van der Waals surface area contributed by atoms with E-state index in [1.165, 1.54) is 38.5 Å². The van der Waals surface area contributed by atoms with E-state index in [9.17, 15) is 13.0 Å². The van der Waals surface area contributed by atoms with Crippen molar-refractivity contribution < 1.29 is 46.7 Å². The summed E-state index contributed by atoms with van der Waals surface area (Å²) in [7, 11) is -4.53. The standard InChI is InChI=1S/C18H36Cl2O4S.Na/c1-2-3-4-5-8-11-14-17(19)18(20)15-12-9-6-7-10-13-16-24-25(21,22)23;/h17-18H,2-16H2,1H3,(H,21,22,23);/q;+1/p-1. The van der Waals surface area contributed by atoms with Crippen molar-refractivity contribution in [2.24, 2.45) is 0 Å². The minimum Gasteiger partial charge on any atom is -0.726 e. The van der Waals surface area contributed by atoms with E-state index in [-0.39, 0.29) is 46.9 Å². The van der Waals surface area contributed by atoms with Gasteiger partial charge in [-0.2, -0.15) is 0 Å². The molecule has 0 aliphatic heterocycles. The summed E-state index contributed by atoms with van der Waals surface area (Å²) >= 11 is 12.8. The Hall–Kier alpha value is 1.45. The van der Waals surface area contributed by atoms with Gasteiger partial charge in [-0.05, 0) is 19.3 Å². The number of hydrogen-bond donors (Lipinski definition) is 0. The molecule has 0 heterocycles. The fraction of sp³-hybridized carbons (Fsp3) is 1.00. The first-order valence-corrected chi connectivity index (χ1v) is 12.0. The second-order valence-corrected chi connectivity index (χ2v) is 8.90. The van der Waals surface area contributed by atoms with Gasteiger partial charge >= 0.3 is 29.6 Å². The first-order chi connectivity index (χ1) is 11.9. The van der Waals surface area contributed by atoms with Gasteiger partial charge in [-0.1, -0.05) is 77.6 Å². The summed E-state index contributed by atoms with van der Waals surface area (Å²) < 4.78 is 34.9. The maximum Gasteiger partial charge on any atom is 1.00 e. The quantitative estimate of drug-likeness (QED) is 0.108. The average Bonchev–Trinajstić information content (AvgIpc) is 2.55. The van der Waals surface area contributed by atoms with Gasteiger partial charge in [-0.3, -0.25) is 4.18 Å². The van der Waals surface area contributed by atoms with E-state index >= 15 is 0 Å². The molecule has 0 radical (unpaired) electrons. The van der Waals surface area contributed by atoms with Gasteiger partial charge in [0.2, 0.25) is 10.4 Å². The van der Waals surface area contributed by atoms with Crippen molar-refractivity contribution in [2.75, 3.05) is 6.61 Å². The van der Waals surface area contributed by atoms with Crippen molar-refractivity contribution in [3.63, 3.8) is 0 Å². The molecular formula is C18H35Cl2NaO4S. The van der Waals surface area contributed by atoms with E-state index in [1.807, 2.05) is 0 Å². The van der Waals surface area contributed by atoms with Crippen LogP contribution in [0.3, 0.4) is 0 Å². The van der Waals surface area contributed by atoms with Crippen LogP contribution >= 0.6 is 23.2 Å². The monoisotopic (exact) mass is 440 g/mol. The molecule has 8 heteroatoms. The fourth-order valence-electron chi connectivity index (χ4n) is 2.79. The summed E-state index contributed by atoms with van der Waals surface area (Å²) in [6.07, 6.45) is 15.3. The predicted molar refractivity (Wildman–Crippen MR) is 105 cm³/mol. The van der Waals surface area contributed by atoms with E-state index in [1.54, 1.807) is 0 Å². The second-order valence-electron chi connectivity index (χ2n) is 6.73. The largest absolute Gasteiger partial charge is 1.00 e. The van der Waals surface area contributed by atoms with Crippen LogP contribution in [0.25, 0.3) is 0 Å². The van der Waals surface area contributed by atoms with Crippen LogP contribution in [0.5, 0.6) is 0 Å². The molecule has 0 amide bonds. The molecule has 2 unspecified atom stereocenters. The summed E-state index contributed by atoms with van der Waals surface area (Å²) in [4.78, 5) is 0. The Balaban J connectivity index is 0. The van der Waals surface area contributed by atoms with Gasteiger partial charge in [0.25, 0.3) is 0 Å². The predicted octanol–water partition coefficient (Wildman–Crippen LogP) is 3.16. The molecule has 0 bridgehead atoms. The number of unbranched alkanes of at least 4 members (excludes halogenated alkanes) is 10. The van der Waals surface area contributed by atoms with Crippen LogP contribution in [0, 0.1) is 0 Å². The molecule has 0 saturated heterocycles. The summed E-state index contributed by atoms with van der Waals surface area (Å²) in [5.74, 6) is 0. The molecule has 4 nitrogen and oxygen atoms in total. The van der Waals surface area contributed by atoms with E-state index in [0.29, 0.717) is 6.42 Å². The van der Waals surface area contributed by atoms with E-state index in [2.05, 4.69) is 11.1 Å². The second kappa shape index (κ2) is 19.8. The van der Waals surface area contributed by atoms with Gasteiger partial charge in [-0.25, -0.2) is 8.42 Å². The van der Waals surface area contributed by atoms with Crippen molar-refractivity contribution in [2.45, 2.75) is 108 Å². The third-order valence-electron chi connectivity index (χ3n) is 4.33. The average molecular weight is 441 g/mol. The molecule has 0 aromatic carbocycles. The topological polar surface area (TPSA) is 66.4 Å². The first kappa shape index (κ1) is 29.6. The van der Waals surface area contributed by atoms with Crippen molar-refractivity contribution in [1.29, 1.82) is 0 Å². The van der Waals surface area contributed by atoms with Gasteiger partial charge in [0.15, 0.2) is 0 Å². The zero-order valence-corrected chi connectivity index (χ0v) is 20.9. The smallest absolute Gasteiger partial charge is 0.726 e. The number of halogens is 2. The maximum atomic E-state index is 10.2.